The van der Waals surface area contributed by atoms with Crippen molar-refractivity contribution in [1.29, 1.82) is 0 Å². The summed E-state index contributed by atoms with van der Waals surface area (Å²) < 4.78 is 2.31. The van der Waals surface area contributed by atoms with Crippen LogP contribution in [0.1, 0.15) is 5.56 Å². The molecular weight excluding hydrogens is 408 g/mol. The van der Waals surface area contributed by atoms with Crippen molar-refractivity contribution in [3.05, 3.63) is 137 Å². The molecule has 4 heteroatoms. The van der Waals surface area contributed by atoms with Crippen LogP contribution >= 0.6 is 0 Å². The van der Waals surface area contributed by atoms with Crippen molar-refractivity contribution >= 4 is 5.69 Å². The molecule has 0 amide bonds. The smallest absolute Gasteiger partial charge is 0.269 e. The van der Waals surface area contributed by atoms with Crippen molar-refractivity contribution in [2.24, 2.45) is 0 Å². The molecule has 5 aromatic rings. The Labute approximate surface area is 192 Å². The Balaban J connectivity index is 1.77. The van der Waals surface area contributed by atoms with Crippen LogP contribution in [0.2, 0.25) is 0 Å². The molecule has 0 radical (unpaired) electrons. The molecule has 5 rings (SSSR count). The van der Waals surface area contributed by atoms with Crippen molar-refractivity contribution in [3.63, 3.8) is 0 Å². The van der Waals surface area contributed by atoms with Gasteiger partial charge in [-0.05, 0) is 40.5 Å². The topological polar surface area (TPSA) is 48.1 Å². The first-order valence-corrected chi connectivity index (χ1v) is 10.8. The molecule has 1 heterocycles. The van der Waals surface area contributed by atoms with Crippen LogP contribution < -0.4 is 0 Å². The second-order valence-corrected chi connectivity index (χ2v) is 7.90. The van der Waals surface area contributed by atoms with Gasteiger partial charge < -0.3 is 4.57 Å². The maximum Gasteiger partial charge on any atom is 0.269 e. The van der Waals surface area contributed by atoms with Crippen molar-refractivity contribution in [1.82, 2.24) is 4.57 Å². The molecule has 0 bridgehead atoms. The summed E-state index contributed by atoms with van der Waals surface area (Å²) in [5, 5.41) is 11.2. The highest BCUT2D eigenvalue weighted by Gasteiger charge is 2.20. The van der Waals surface area contributed by atoms with E-state index in [9.17, 15) is 10.1 Å². The number of hydrogen-bond acceptors (Lipinski definition) is 2. The molecule has 33 heavy (non-hydrogen) atoms. The van der Waals surface area contributed by atoms with E-state index in [-0.39, 0.29) is 10.6 Å². The Morgan fingerprint density at radius 2 is 1.18 bits per heavy atom. The molecule has 1 aromatic heterocycles. The van der Waals surface area contributed by atoms with Gasteiger partial charge in [-0.2, -0.15) is 0 Å². The van der Waals surface area contributed by atoms with Gasteiger partial charge in [0.15, 0.2) is 0 Å². The van der Waals surface area contributed by atoms with E-state index in [0.29, 0.717) is 6.54 Å². The quantitative estimate of drug-likeness (QED) is 0.207. The standard InChI is InChI=1S/C29H22N2O2/c32-31(33)26-18-16-24(17-19-26)28-20-27(23-12-6-2-7-13-23)29(25-14-8-3-9-15-25)30(28)21-22-10-4-1-5-11-22/h1-20H,21H2. The van der Waals surface area contributed by atoms with Gasteiger partial charge in [0, 0.05) is 29.9 Å². The highest BCUT2D eigenvalue weighted by atomic mass is 16.6. The fourth-order valence-electron chi connectivity index (χ4n) is 4.22. The molecule has 4 nitrogen and oxygen atoms in total. The first-order valence-electron chi connectivity index (χ1n) is 10.8. The van der Waals surface area contributed by atoms with Gasteiger partial charge in [0.05, 0.1) is 10.6 Å². The van der Waals surface area contributed by atoms with Crippen molar-refractivity contribution in [2.45, 2.75) is 6.54 Å². The Morgan fingerprint density at radius 3 is 1.76 bits per heavy atom. The summed E-state index contributed by atoms with van der Waals surface area (Å²) in [6, 6.07) is 40.1. The van der Waals surface area contributed by atoms with Crippen LogP contribution in [0.4, 0.5) is 5.69 Å². The lowest BCUT2D eigenvalue weighted by atomic mass is 10.0. The molecule has 0 atom stereocenters. The summed E-state index contributed by atoms with van der Waals surface area (Å²) in [7, 11) is 0. The van der Waals surface area contributed by atoms with Crippen LogP contribution in [-0.4, -0.2) is 9.49 Å². The Kier molecular flexibility index (Phi) is 5.56. The molecular formula is C29H22N2O2. The minimum absolute atomic E-state index is 0.0893. The van der Waals surface area contributed by atoms with Gasteiger partial charge in [-0.3, -0.25) is 10.1 Å². The van der Waals surface area contributed by atoms with Crippen molar-refractivity contribution < 1.29 is 4.92 Å². The largest absolute Gasteiger partial charge is 0.335 e. The zero-order chi connectivity index (χ0) is 22.6. The van der Waals surface area contributed by atoms with Gasteiger partial charge in [-0.1, -0.05) is 91.0 Å². The van der Waals surface area contributed by atoms with E-state index in [4.69, 9.17) is 0 Å². The number of rotatable bonds is 6. The van der Waals surface area contributed by atoms with Crippen LogP contribution in [0.3, 0.4) is 0 Å². The molecule has 0 saturated heterocycles. The summed E-state index contributed by atoms with van der Waals surface area (Å²) in [6.45, 7) is 0.685. The van der Waals surface area contributed by atoms with Crippen molar-refractivity contribution in [3.8, 4) is 33.6 Å². The third-order valence-electron chi connectivity index (χ3n) is 5.79. The molecule has 0 aliphatic heterocycles. The van der Waals surface area contributed by atoms with Gasteiger partial charge in [-0.25, -0.2) is 0 Å². The lowest BCUT2D eigenvalue weighted by molar-refractivity contribution is -0.384. The highest BCUT2D eigenvalue weighted by Crippen LogP contribution is 2.39. The number of aromatic nitrogens is 1. The van der Waals surface area contributed by atoms with E-state index in [1.165, 1.54) is 5.56 Å². The van der Waals surface area contributed by atoms with Gasteiger partial charge in [0.2, 0.25) is 0 Å². The monoisotopic (exact) mass is 430 g/mol. The Hall–Kier alpha value is -4.44. The predicted molar refractivity (Wildman–Crippen MR) is 133 cm³/mol. The van der Waals surface area contributed by atoms with E-state index in [0.717, 1.165) is 33.6 Å². The van der Waals surface area contributed by atoms with Crippen LogP contribution in [0.5, 0.6) is 0 Å². The number of nitro groups is 1. The van der Waals surface area contributed by atoms with Crippen LogP contribution in [0.25, 0.3) is 33.6 Å². The number of non-ortho nitro benzene ring substituents is 1. The first-order chi connectivity index (χ1) is 16.2. The van der Waals surface area contributed by atoms with Gasteiger partial charge in [-0.15, -0.1) is 0 Å². The third-order valence-corrected chi connectivity index (χ3v) is 5.79. The predicted octanol–water partition coefficient (Wildman–Crippen LogP) is 7.45. The molecule has 0 spiro atoms. The summed E-state index contributed by atoms with van der Waals surface area (Å²) in [5.74, 6) is 0. The molecule has 0 fully saturated rings. The zero-order valence-electron chi connectivity index (χ0n) is 18.0. The Bertz CT molecular complexity index is 1370. The summed E-state index contributed by atoms with van der Waals surface area (Å²) in [5.41, 5.74) is 7.75. The first kappa shape index (κ1) is 20.5. The summed E-state index contributed by atoms with van der Waals surface area (Å²) in [4.78, 5) is 10.8. The lowest BCUT2D eigenvalue weighted by Crippen LogP contribution is -2.04. The van der Waals surface area contributed by atoms with Crippen LogP contribution in [0.15, 0.2) is 121 Å². The minimum Gasteiger partial charge on any atom is -0.335 e. The normalized spacial score (nSPS) is 10.8. The minimum atomic E-state index is -0.363. The molecule has 0 N–H and O–H groups in total. The van der Waals surface area contributed by atoms with Crippen LogP contribution in [0, 0.1) is 10.1 Å². The molecule has 0 saturated carbocycles. The van der Waals surface area contributed by atoms with E-state index in [2.05, 4.69) is 59.2 Å². The third kappa shape index (κ3) is 4.19. The zero-order valence-corrected chi connectivity index (χ0v) is 18.0. The number of nitrogens with zero attached hydrogens (tertiary/aromatic N) is 2. The number of hydrogen-bond donors (Lipinski definition) is 0. The molecule has 4 aromatic carbocycles. The molecule has 0 aliphatic carbocycles. The van der Waals surface area contributed by atoms with Gasteiger partial charge in [0.1, 0.15) is 0 Å². The van der Waals surface area contributed by atoms with Gasteiger partial charge >= 0.3 is 0 Å². The molecule has 160 valence electrons. The highest BCUT2D eigenvalue weighted by molar-refractivity contribution is 5.87. The van der Waals surface area contributed by atoms with Crippen LogP contribution in [-0.2, 0) is 6.54 Å². The number of benzene rings is 4. The van der Waals surface area contributed by atoms with E-state index >= 15 is 0 Å². The molecule has 0 unspecified atom stereocenters. The molecule has 0 aliphatic rings. The average Bonchev–Trinajstić information content (AvgIpc) is 3.25. The maximum absolute atomic E-state index is 11.2. The Morgan fingerprint density at radius 1 is 0.636 bits per heavy atom. The lowest BCUT2D eigenvalue weighted by Gasteiger charge is -2.16. The number of nitro benzene ring substituents is 1. The van der Waals surface area contributed by atoms with E-state index < -0.39 is 0 Å². The summed E-state index contributed by atoms with van der Waals surface area (Å²) in [6.07, 6.45) is 0. The van der Waals surface area contributed by atoms with Gasteiger partial charge in [0.25, 0.3) is 5.69 Å². The second-order valence-electron chi connectivity index (χ2n) is 7.90. The fraction of sp³-hybridized carbons (Fsp3) is 0.0345. The summed E-state index contributed by atoms with van der Waals surface area (Å²) >= 11 is 0. The SMILES string of the molecule is O=[N+]([O-])c1ccc(-c2cc(-c3ccccc3)c(-c3ccccc3)n2Cc2ccccc2)cc1. The van der Waals surface area contributed by atoms with E-state index in [1.54, 1.807) is 12.1 Å². The second kappa shape index (κ2) is 8.97. The van der Waals surface area contributed by atoms with E-state index in [1.807, 2.05) is 54.6 Å². The fourth-order valence-corrected chi connectivity index (χ4v) is 4.22. The maximum atomic E-state index is 11.2. The van der Waals surface area contributed by atoms with Crippen molar-refractivity contribution in [2.75, 3.05) is 0 Å². The average molecular weight is 431 g/mol.